The number of hydrogen-bond donors (Lipinski definition) is 0. The second kappa shape index (κ2) is 7.09. The molecule has 0 spiro atoms. The van der Waals surface area contributed by atoms with Gasteiger partial charge in [0.15, 0.2) is 0 Å². The summed E-state index contributed by atoms with van der Waals surface area (Å²) >= 11 is 5.78. The fourth-order valence-corrected chi connectivity index (χ4v) is 1.91. The summed E-state index contributed by atoms with van der Waals surface area (Å²) in [4.78, 5) is 24.3. The molecule has 0 aliphatic heterocycles. The summed E-state index contributed by atoms with van der Waals surface area (Å²) in [6.07, 6.45) is -0.271. The molecule has 0 saturated heterocycles. The average molecular weight is 319 g/mol. The van der Waals surface area contributed by atoms with Gasteiger partial charge in [0.25, 0.3) is 0 Å². The number of halogens is 1. The van der Waals surface area contributed by atoms with Crippen molar-refractivity contribution in [3.05, 3.63) is 64.7 Å². The zero-order valence-corrected chi connectivity index (χ0v) is 13.0. The standard InChI is InChI=1S/C17H15ClO4/c1-11(2)21-16(19)14-5-3-4-6-15(14)17(20)22-13-9-7-12(18)8-10-13/h3-11H,1-2H3. The van der Waals surface area contributed by atoms with Crippen LogP contribution in [0.25, 0.3) is 0 Å². The molecule has 0 amide bonds. The molecule has 0 N–H and O–H groups in total. The van der Waals surface area contributed by atoms with Crippen molar-refractivity contribution in [3.8, 4) is 5.75 Å². The average Bonchev–Trinajstić information content (AvgIpc) is 2.49. The molecule has 114 valence electrons. The van der Waals surface area contributed by atoms with Crippen molar-refractivity contribution in [1.82, 2.24) is 0 Å². The van der Waals surface area contributed by atoms with E-state index < -0.39 is 11.9 Å². The van der Waals surface area contributed by atoms with Crippen LogP contribution in [0.15, 0.2) is 48.5 Å². The fraction of sp³-hybridized carbons (Fsp3) is 0.176. The molecular weight excluding hydrogens is 304 g/mol. The van der Waals surface area contributed by atoms with Crippen molar-refractivity contribution in [2.24, 2.45) is 0 Å². The highest BCUT2D eigenvalue weighted by molar-refractivity contribution is 6.30. The Kier molecular flexibility index (Phi) is 5.17. The van der Waals surface area contributed by atoms with E-state index in [-0.39, 0.29) is 17.2 Å². The topological polar surface area (TPSA) is 52.6 Å². The van der Waals surface area contributed by atoms with Gasteiger partial charge in [0.1, 0.15) is 5.75 Å². The molecule has 4 nitrogen and oxygen atoms in total. The largest absolute Gasteiger partial charge is 0.459 e. The van der Waals surface area contributed by atoms with E-state index in [2.05, 4.69) is 0 Å². The SMILES string of the molecule is CC(C)OC(=O)c1ccccc1C(=O)Oc1ccc(Cl)cc1. The van der Waals surface area contributed by atoms with Crippen LogP contribution in [-0.2, 0) is 4.74 Å². The molecule has 0 bridgehead atoms. The molecule has 0 saturated carbocycles. The van der Waals surface area contributed by atoms with Crippen LogP contribution >= 0.6 is 11.6 Å². The number of benzene rings is 2. The summed E-state index contributed by atoms with van der Waals surface area (Å²) in [5.41, 5.74) is 0.332. The first-order chi connectivity index (χ1) is 10.5. The van der Waals surface area contributed by atoms with Crippen LogP contribution in [0.1, 0.15) is 34.6 Å². The van der Waals surface area contributed by atoms with Gasteiger partial charge in [0.05, 0.1) is 17.2 Å². The van der Waals surface area contributed by atoms with E-state index in [9.17, 15) is 9.59 Å². The van der Waals surface area contributed by atoms with Gasteiger partial charge in [-0.05, 0) is 50.2 Å². The summed E-state index contributed by atoms with van der Waals surface area (Å²) in [5.74, 6) is -0.835. The van der Waals surface area contributed by atoms with Crippen molar-refractivity contribution >= 4 is 23.5 Å². The maximum atomic E-state index is 12.2. The van der Waals surface area contributed by atoms with Crippen LogP contribution in [0, 0.1) is 0 Å². The predicted molar refractivity (Wildman–Crippen MR) is 83.4 cm³/mol. The van der Waals surface area contributed by atoms with E-state index in [4.69, 9.17) is 21.1 Å². The molecule has 0 atom stereocenters. The predicted octanol–water partition coefficient (Wildman–Crippen LogP) is 4.12. The smallest absolute Gasteiger partial charge is 0.344 e. The minimum atomic E-state index is -0.626. The molecular formula is C17H15ClO4. The van der Waals surface area contributed by atoms with Crippen LogP contribution in [-0.4, -0.2) is 18.0 Å². The first-order valence-corrected chi connectivity index (χ1v) is 7.13. The fourth-order valence-electron chi connectivity index (χ4n) is 1.78. The van der Waals surface area contributed by atoms with Crippen molar-refractivity contribution in [1.29, 1.82) is 0 Å². The number of esters is 2. The van der Waals surface area contributed by atoms with Crippen molar-refractivity contribution in [2.75, 3.05) is 0 Å². The summed E-state index contributed by atoms with van der Waals surface area (Å²) in [6.45, 7) is 3.49. The molecule has 2 rings (SSSR count). The minimum Gasteiger partial charge on any atom is -0.459 e. The zero-order chi connectivity index (χ0) is 16.1. The van der Waals surface area contributed by atoms with Crippen molar-refractivity contribution < 1.29 is 19.1 Å². The lowest BCUT2D eigenvalue weighted by Gasteiger charge is -2.11. The van der Waals surface area contributed by atoms with Gasteiger partial charge in [-0.15, -0.1) is 0 Å². The highest BCUT2D eigenvalue weighted by Crippen LogP contribution is 2.19. The lowest BCUT2D eigenvalue weighted by Crippen LogP contribution is -2.18. The maximum absolute atomic E-state index is 12.2. The highest BCUT2D eigenvalue weighted by Gasteiger charge is 2.20. The Morgan fingerprint density at radius 2 is 1.45 bits per heavy atom. The van der Waals surface area contributed by atoms with Crippen molar-refractivity contribution in [3.63, 3.8) is 0 Å². The van der Waals surface area contributed by atoms with E-state index in [1.54, 1.807) is 50.2 Å². The lowest BCUT2D eigenvalue weighted by atomic mass is 10.1. The Bertz CT molecular complexity index is 677. The number of rotatable bonds is 4. The van der Waals surface area contributed by atoms with E-state index >= 15 is 0 Å². The first kappa shape index (κ1) is 16.0. The van der Waals surface area contributed by atoms with Gasteiger partial charge in [0.2, 0.25) is 0 Å². The Hall–Kier alpha value is -2.33. The van der Waals surface area contributed by atoms with Gasteiger partial charge in [-0.1, -0.05) is 23.7 Å². The Morgan fingerprint density at radius 3 is 2.00 bits per heavy atom. The maximum Gasteiger partial charge on any atom is 0.344 e. The molecule has 2 aromatic rings. The quantitative estimate of drug-likeness (QED) is 0.628. The van der Waals surface area contributed by atoms with Crippen LogP contribution in [0.2, 0.25) is 5.02 Å². The van der Waals surface area contributed by atoms with Gasteiger partial charge < -0.3 is 9.47 Å². The Balaban J connectivity index is 2.22. The molecule has 5 heteroatoms. The Morgan fingerprint density at radius 1 is 0.909 bits per heavy atom. The molecule has 22 heavy (non-hydrogen) atoms. The number of hydrogen-bond acceptors (Lipinski definition) is 4. The summed E-state index contributed by atoms with van der Waals surface area (Å²) in [7, 11) is 0. The molecule has 2 aromatic carbocycles. The van der Waals surface area contributed by atoms with E-state index in [1.807, 2.05) is 0 Å². The number of carbonyl (C=O) groups excluding carboxylic acids is 2. The molecule has 0 aliphatic carbocycles. The second-order valence-electron chi connectivity index (χ2n) is 4.84. The van der Waals surface area contributed by atoms with Gasteiger partial charge >= 0.3 is 11.9 Å². The first-order valence-electron chi connectivity index (χ1n) is 6.75. The summed E-state index contributed by atoms with van der Waals surface area (Å²) < 4.78 is 10.4. The van der Waals surface area contributed by atoms with Crippen LogP contribution in [0.5, 0.6) is 5.75 Å². The lowest BCUT2D eigenvalue weighted by molar-refractivity contribution is 0.0372. The number of carbonyl (C=O) groups is 2. The molecule has 0 radical (unpaired) electrons. The summed E-state index contributed by atoms with van der Waals surface area (Å²) in [5, 5.41) is 0.542. The van der Waals surface area contributed by atoms with E-state index in [1.165, 1.54) is 12.1 Å². The van der Waals surface area contributed by atoms with Crippen molar-refractivity contribution in [2.45, 2.75) is 20.0 Å². The second-order valence-corrected chi connectivity index (χ2v) is 5.28. The number of ether oxygens (including phenoxy) is 2. The molecule has 0 aliphatic rings. The molecule has 0 aromatic heterocycles. The van der Waals surface area contributed by atoms with Crippen LogP contribution in [0.4, 0.5) is 0 Å². The van der Waals surface area contributed by atoms with E-state index in [0.29, 0.717) is 10.8 Å². The third kappa shape index (κ3) is 4.09. The monoisotopic (exact) mass is 318 g/mol. The third-order valence-electron chi connectivity index (χ3n) is 2.73. The van der Waals surface area contributed by atoms with E-state index in [0.717, 1.165) is 0 Å². The van der Waals surface area contributed by atoms with Gasteiger partial charge in [0, 0.05) is 5.02 Å². The normalized spacial score (nSPS) is 10.4. The molecule has 0 heterocycles. The molecule has 0 unspecified atom stereocenters. The third-order valence-corrected chi connectivity index (χ3v) is 2.99. The van der Waals surface area contributed by atoms with Gasteiger partial charge in [-0.3, -0.25) is 0 Å². The zero-order valence-electron chi connectivity index (χ0n) is 12.2. The van der Waals surface area contributed by atoms with Crippen LogP contribution < -0.4 is 4.74 Å². The molecule has 0 fully saturated rings. The minimum absolute atomic E-state index is 0.156. The Labute approximate surface area is 133 Å². The van der Waals surface area contributed by atoms with Gasteiger partial charge in [-0.25, -0.2) is 9.59 Å². The van der Waals surface area contributed by atoms with Crippen LogP contribution in [0.3, 0.4) is 0 Å². The van der Waals surface area contributed by atoms with Gasteiger partial charge in [-0.2, -0.15) is 0 Å². The highest BCUT2D eigenvalue weighted by atomic mass is 35.5. The summed E-state index contributed by atoms with van der Waals surface area (Å²) in [6, 6.07) is 12.8.